The number of thioether (sulfide) groups is 1. The lowest BCUT2D eigenvalue weighted by molar-refractivity contribution is -0.120. The Labute approximate surface area is 134 Å². The normalized spacial score (nSPS) is 16.6. The molecular weight excluding hydrogens is 296 g/mol. The molecule has 3 rings (SSSR count). The standard InChI is InChI=1S/C16H20N4OS/c1-11(15(21)17-13-9-5-6-10-13)22-16-18-14(19-20-16)12-7-3-2-4-8-12/h2-4,7-8,11,13H,5-6,9-10H2,1H3,(H,17,21)(H,18,19,20). The van der Waals surface area contributed by atoms with Gasteiger partial charge < -0.3 is 5.32 Å². The molecule has 1 saturated carbocycles. The van der Waals surface area contributed by atoms with Crippen molar-refractivity contribution in [1.29, 1.82) is 0 Å². The number of carbonyl (C=O) groups is 1. The Kier molecular flexibility index (Phi) is 4.77. The van der Waals surface area contributed by atoms with Crippen molar-refractivity contribution in [3.05, 3.63) is 30.3 Å². The Balaban J connectivity index is 1.58. The number of hydrogen-bond donors (Lipinski definition) is 2. The van der Waals surface area contributed by atoms with Crippen LogP contribution in [0.1, 0.15) is 32.6 Å². The van der Waals surface area contributed by atoms with Crippen LogP contribution in [-0.2, 0) is 4.79 Å². The van der Waals surface area contributed by atoms with E-state index in [1.54, 1.807) is 0 Å². The largest absolute Gasteiger partial charge is 0.352 e. The van der Waals surface area contributed by atoms with E-state index in [1.807, 2.05) is 37.3 Å². The van der Waals surface area contributed by atoms with E-state index in [2.05, 4.69) is 20.5 Å². The first kappa shape index (κ1) is 15.1. The second-order valence-corrected chi connectivity index (χ2v) is 6.89. The molecule has 2 N–H and O–H groups in total. The van der Waals surface area contributed by atoms with Crippen molar-refractivity contribution in [3.8, 4) is 11.4 Å². The SMILES string of the molecule is CC(Sc1n[nH]c(-c2ccccc2)n1)C(=O)NC1CCCC1. The summed E-state index contributed by atoms with van der Waals surface area (Å²) in [5, 5.41) is 10.6. The maximum Gasteiger partial charge on any atom is 0.233 e. The molecule has 1 aromatic heterocycles. The summed E-state index contributed by atoms with van der Waals surface area (Å²) < 4.78 is 0. The Morgan fingerprint density at radius 3 is 2.77 bits per heavy atom. The van der Waals surface area contributed by atoms with Crippen LogP contribution in [0.15, 0.2) is 35.5 Å². The van der Waals surface area contributed by atoms with E-state index in [1.165, 1.54) is 24.6 Å². The van der Waals surface area contributed by atoms with Gasteiger partial charge in [0.2, 0.25) is 11.1 Å². The lowest BCUT2D eigenvalue weighted by Gasteiger charge is -2.15. The first-order chi connectivity index (χ1) is 10.7. The minimum absolute atomic E-state index is 0.0722. The molecule has 5 nitrogen and oxygen atoms in total. The lowest BCUT2D eigenvalue weighted by atomic mass is 10.2. The maximum atomic E-state index is 12.2. The van der Waals surface area contributed by atoms with Crippen LogP contribution < -0.4 is 5.32 Å². The minimum Gasteiger partial charge on any atom is -0.352 e. The molecule has 1 fully saturated rings. The fourth-order valence-electron chi connectivity index (χ4n) is 2.62. The number of aromatic amines is 1. The molecular formula is C16H20N4OS. The number of hydrogen-bond acceptors (Lipinski definition) is 4. The number of aromatic nitrogens is 3. The van der Waals surface area contributed by atoms with Gasteiger partial charge in [0.15, 0.2) is 5.82 Å². The Morgan fingerprint density at radius 2 is 2.05 bits per heavy atom. The molecule has 1 heterocycles. The summed E-state index contributed by atoms with van der Waals surface area (Å²) in [5.41, 5.74) is 0.991. The van der Waals surface area contributed by atoms with Gasteiger partial charge in [0, 0.05) is 11.6 Å². The molecule has 0 spiro atoms. The average molecular weight is 316 g/mol. The highest BCUT2D eigenvalue weighted by atomic mass is 32.2. The molecule has 0 radical (unpaired) electrons. The fourth-order valence-corrected chi connectivity index (χ4v) is 3.36. The molecule has 0 saturated heterocycles. The number of amides is 1. The van der Waals surface area contributed by atoms with E-state index in [4.69, 9.17) is 0 Å². The second-order valence-electron chi connectivity index (χ2n) is 5.58. The van der Waals surface area contributed by atoms with Crippen molar-refractivity contribution in [2.45, 2.75) is 49.1 Å². The Morgan fingerprint density at radius 1 is 1.32 bits per heavy atom. The highest BCUT2D eigenvalue weighted by Gasteiger charge is 2.22. The molecule has 0 bridgehead atoms. The van der Waals surface area contributed by atoms with E-state index in [0.717, 1.165) is 24.2 Å². The molecule has 2 aromatic rings. The zero-order valence-electron chi connectivity index (χ0n) is 12.6. The molecule has 1 unspecified atom stereocenters. The third-order valence-electron chi connectivity index (χ3n) is 3.87. The zero-order chi connectivity index (χ0) is 15.4. The maximum absolute atomic E-state index is 12.2. The molecule has 116 valence electrons. The van der Waals surface area contributed by atoms with E-state index in [-0.39, 0.29) is 11.2 Å². The molecule has 1 aliphatic carbocycles. The highest BCUT2D eigenvalue weighted by Crippen LogP contribution is 2.24. The van der Waals surface area contributed by atoms with Gasteiger partial charge in [0.05, 0.1) is 5.25 Å². The van der Waals surface area contributed by atoms with Gasteiger partial charge in [-0.25, -0.2) is 4.98 Å². The monoisotopic (exact) mass is 316 g/mol. The van der Waals surface area contributed by atoms with Gasteiger partial charge in [0.25, 0.3) is 0 Å². The molecule has 22 heavy (non-hydrogen) atoms. The van der Waals surface area contributed by atoms with Gasteiger partial charge in [-0.2, -0.15) is 0 Å². The highest BCUT2D eigenvalue weighted by molar-refractivity contribution is 8.00. The molecule has 1 aromatic carbocycles. The van der Waals surface area contributed by atoms with Crippen molar-refractivity contribution in [1.82, 2.24) is 20.5 Å². The fraction of sp³-hybridized carbons (Fsp3) is 0.438. The zero-order valence-corrected chi connectivity index (χ0v) is 13.4. The molecule has 1 amide bonds. The average Bonchev–Trinajstić information content (AvgIpc) is 3.20. The smallest absolute Gasteiger partial charge is 0.233 e. The predicted molar refractivity (Wildman–Crippen MR) is 87.5 cm³/mol. The van der Waals surface area contributed by atoms with Crippen molar-refractivity contribution in [3.63, 3.8) is 0 Å². The predicted octanol–water partition coefficient (Wildman–Crippen LogP) is 3.01. The number of benzene rings is 1. The van der Waals surface area contributed by atoms with Crippen molar-refractivity contribution in [2.24, 2.45) is 0 Å². The number of H-pyrrole nitrogens is 1. The second kappa shape index (κ2) is 6.96. The summed E-state index contributed by atoms with van der Waals surface area (Å²) in [5.74, 6) is 0.800. The number of carbonyl (C=O) groups excluding carboxylic acids is 1. The van der Waals surface area contributed by atoms with Gasteiger partial charge in [0.1, 0.15) is 0 Å². The first-order valence-electron chi connectivity index (χ1n) is 7.67. The van der Waals surface area contributed by atoms with E-state index in [0.29, 0.717) is 11.2 Å². The van der Waals surface area contributed by atoms with Gasteiger partial charge in [-0.1, -0.05) is 54.9 Å². The van der Waals surface area contributed by atoms with Crippen molar-refractivity contribution < 1.29 is 4.79 Å². The van der Waals surface area contributed by atoms with Crippen LogP contribution in [0, 0.1) is 0 Å². The summed E-state index contributed by atoms with van der Waals surface area (Å²) in [4.78, 5) is 16.6. The Bertz CT molecular complexity index is 622. The van der Waals surface area contributed by atoms with Crippen LogP contribution in [0.5, 0.6) is 0 Å². The van der Waals surface area contributed by atoms with Crippen LogP contribution in [0.4, 0.5) is 0 Å². The molecule has 1 aliphatic rings. The summed E-state index contributed by atoms with van der Waals surface area (Å²) in [7, 11) is 0. The van der Waals surface area contributed by atoms with E-state index >= 15 is 0 Å². The molecule has 1 atom stereocenters. The van der Waals surface area contributed by atoms with Gasteiger partial charge in [-0.3, -0.25) is 9.89 Å². The van der Waals surface area contributed by atoms with Crippen LogP contribution in [-0.4, -0.2) is 32.4 Å². The Hall–Kier alpha value is -1.82. The third kappa shape index (κ3) is 3.68. The van der Waals surface area contributed by atoms with Crippen LogP contribution in [0.25, 0.3) is 11.4 Å². The topological polar surface area (TPSA) is 70.7 Å². The summed E-state index contributed by atoms with van der Waals surface area (Å²) in [6, 6.07) is 10.2. The first-order valence-corrected chi connectivity index (χ1v) is 8.55. The summed E-state index contributed by atoms with van der Waals surface area (Å²) in [6.07, 6.45) is 4.63. The summed E-state index contributed by atoms with van der Waals surface area (Å²) >= 11 is 1.39. The van der Waals surface area contributed by atoms with Crippen molar-refractivity contribution >= 4 is 17.7 Å². The van der Waals surface area contributed by atoms with Crippen LogP contribution >= 0.6 is 11.8 Å². The van der Waals surface area contributed by atoms with Gasteiger partial charge in [-0.05, 0) is 19.8 Å². The number of nitrogens with zero attached hydrogens (tertiary/aromatic N) is 2. The number of nitrogens with one attached hydrogen (secondary N) is 2. The lowest BCUT2D eigenvalue weighted by Crippen LogP contribution is -2.37. The van der Waals surface area contributed by atoms with Gasteiger partial charge in [-0.15, -0.1) is 5.10 Å². The quantitative estimate of drug-likeness (QED) is 0.832. The molecule has 0 aliphatic heterocycles. The van der Waals surface area contributed by atoms with E-state index in [9.17, 15) is 4.79 Å². The third-order valence-corrected chi connectivity index (χ3v) is 4.83. The van der Waals surface area contributed by atoms with Crippen molar-refractivity contribution in [2.75, 3.05) is 0 Å². The molecule has 6 heteroatoms. The van der Waals surface area contributed by atoms with Crippen LogP contribution in [0.2, 0.25) is 0 Å². The summed E-state index contributed by atoms with van der Waals surface area (Å²) in [6.45, 7) is 1.90. The van der Waals surface area contributed by atoms with Crippen LogP contribution in [0.3, 0.4) is 0 Å². The number of rotatable bonds is 5. The minimum atomic E-state index is -0.194. The van der Waals surface area contributed by atoms with Gasteiger partial charge >= 0.3 is 0 Å². The van der Waals surface area contributed by atoms with E-state index < -0.39 is 0 Å².